The van der Waals surface area contributed by atoms with Crippen molar-refractivity contribution >= 4 is 11.6 Å². The first-order chi connectivity index (χ1) is 10.1. The predicted octanol–water partition coefficient (Wildman–Crippen LogP) is 2.94. The Morgan fingerprint density at radius 2 is 2.14 bits per heavy atom. The zero-order chi connectivity index (χ0) is 14.9. The summed E-state index contributed by atoms with van der Waals surface area (Å²) >= 11 is 0. The van der Waals surface area contributed by atoms with E-state index in [9.17, 15) is 4.79 Å². The van der Waals surface area contributed by atoms with Crippen LogP contribution in [0.3, 0.4) is 0 Å². The summed E-state index contributed by atoms with van der Waals surface area (Å²) in [5.74, 6) is 0.754. The third-order valence-electron chi connectivity index (χ3n) is 4.75. The van der Waals surface area contributed by atoms with Gasteiger partial charge in [-0.05, 0) is 30.4 Å². The highest BCUT2D eigenvalue weighted by molar-refractivity contribution is 5.83. The standard InChI is InChI=1S/C17H24N2O2/c1-17(2)10-6-5-9-15(17)19-16(20)14-11-18-12-7-3-4-8-13(12)21-14/h3-4,7-8,14-15,18H,5-6,9-11H2,1-2H3,(H,19,20). The number of fused-ring (bicyclic) bond motifs is 1. The number of anilines is 1. The molecule has 0 bridgehead atoms. The van der Waals surface area contributed by atoms with Crippen molar-refractivity contribution < 1.29 is 9.53 Å². The molecule has 2 unspecified atom stereocenters. The molecule has 114 valence electrons. The van der Waals surface area contributed by atoms with Gasteiger partial charge in [0.2, 0.25) is 0 Å². The average molecular weight is 288 g/mol. The molecule has 0 saturated heterocycles. The van der Waals surface area contributed by atoms with Crippen molar-refractivity contribution in [1.82, 2.24) is 5.32 Å². The van der Waals surface area contributed by atoms with Gasteiger partial charge >= 0.3 is 0 Å². The fourth-order valence-electron chi connectivity index (χ4n) is 3.29. The lowest BCUT2D eigenvalue weighted by Gasteiger charge is -2.40. The second-order valence-corrected chi connectivity index (χ2v) is 6.78. The quantitative estimate of drug-likeness (QED) is 0.879. The van der Waals surface area contributed by atoms with Gasteiger partial charge < -0.3 is 15.4 Å². The van der Waals surface area contributed by atoms with Crippen LogP contribution in [0.5, 0.6) is 5.75 Å². The topological polar surface area (TPSA) is 50.4 Å². The summed E-state index contributed by atoms with van der Waals surface area (Å²) in [6, 6.07) is 7.99. The summed E-state index contributed by atoms with van der Waals surface area (Å²) in [5.41, 5.74) is 1.13. The average Bonchev–Trinajstić information content (AvgIpc) is 2.48. The minimum atomic E-state index is -0.447. The Kier molecular flexibility index (Phi) is 3.79. The largest absolute Gasteiger partial charge is 0.477 e. The highest BCUT2D eigenvalue weighted by atomic mass is 16.5. The van der Waals surface area contributed by atoms with E-state index < -0.39 is 6.10 Å². The van der Waals surface area contributed by atoms with Crippen molar-refractivity contribution in [1.29, 1.82) is 0 Å². The number of amides is 1. The van der Waals surface area contributed by atoms with Crippen LogP contribution >= 0.6 is 0 Å². The van der Waals surface area contributed by atoms with Gasteiger partial charge in [-0.1, -0.05) is 38.8 Å². The lowest BCUT2D eigenvalue weighted by Crippen LogP contribution is -2.53. The monoisotopic (exact) mass is 288 g/mol. The van der Waals surface area contributed by atoms with Crippen molar-refractivity contribution in [2.45, 2.75) is 51.7 Å². The van der Waals surface area contributed by atoms with Crippen LogP contribution in [0.2, 0.25) is 0 Å². The number of hydrogen-bond donors (Lipinski definition) is 2. The Morgan fingerprint density at radius 1 is 1.33 bits per heavy atom. The number of carbonyl (C=O) groups is 1. The fraction of sp³-hybridized carbons (Fsp3) is 0.588. The molecule has 21 heavy (non-hydrogen) atoms. The van der Waals surface area contributed by atoms with Gasteiger partial charge in [0.05, 0.1) is 12.2 Å². The Labute approximate surface area is 126 Å². The van der Waals surface area contributed by atoms with Gasteiger partial charge in [-0.2, -0.15) is 0 Å². The predicted molar refractivity (Wildman–Crippen MR) is 83.5 cm³/mol. The Bertz CT molecular complexity index is 527. The molecular weight excluding hydrogens is 264 g/mol. The summed E-state index contributed by atoms with van der Waals surface area (Å²) in [6.07, 6.45) is 4.24. The third kappa shape index (κ3) is 2.99. The van der Waals surface area contributed by atoms with Gasteiger partial charge in [0, 0.05) is 6.04 Å². The van der Waals surface area contributed by atoms with E-state index in [4.69, 9.17) is 4.74 Å². The Hall–Kier alpha value is -1.71. The van der Waals surface area contributed by atoms with Crippen LogP contribution in [0.1, 0.15) is 39.5 Å². The number of ether oxygens (including phenoxy) is 1. The number of para-hydroxylation sites is 2. The first-order valence-electron chi connectivity index (χ1n) is 7.86. The summed E-state index contributed by atoms with van der Waals surface area (Å²) in [7, 11) is 0. The van der Waals surface area contributed by atoms with Gasteiger partial charge in [0.1, 0.15) is 5.75 Å². The van der Waals surface area contributed by atoms with Crippen molar-refractivity contribution in [3.05, 3.63) is 24.3 Å². The van der Waals surface area contributed by atoms with Crippen molar-refractivity contribution in [3.63, 3.8) is 0 Å². The van der Waals surface area contributed by atoms with Gasteiger partial charge in [0.15, 0.2) is 6.10 Å². The molecule has 1 saturated carbocycles. The van der Waals surface area contributed by atoms with Crippen LogP contribution in [0.15, 0.2) is 24.3 Å². The van der Waals surface area contributed by atoms with Gasteiger partial charge in [-0.15, -0.1) is 0 Å². The zero-order valence-corrected chi connectivity index (χ0v) is 12.8. The molecule has 4 heteroatoms. The SMILES string of the molecule is CC1(C)CCCCC1NC(=O)C1CNc2ccccc2O1. The maximum absolute atomic E-state index is 12.5. The maximum Gasteiger partial charge on any atom is 0.263 e. The second-order valence-electron chi connectivity index (χ2n) is 6.78. The van der Waals surface area contributed by atoms with Crippen LogP contribution < -0.4 is 15.4 Å². The smallest absolute Gasteiger partial charge is 0.263 e. The lowest BCUT2D eigenvalue weighted by molar-refractivity contribution is -0.129. The summed E-state index contributed by atoms with van der Waals surface area (Å²) < 4.78 is 5.83. The highest BCUT2D eigenvalue weighted by Crippen LogP contribution is 2.35. The Morgan fingerprint density at radius 3 is 2.95 bits per heavy atom. The molecule has 1 heterocycles. The number of benzene rings is 1. The van der Waals surface area contributed by atoms with Crippen LogP contribution in [0.4, 0.5) is 5.69 Å². The molecule has 2 aliphatic rings. The molecule has 1 aliphatic carbocycles. The van der Waals surface area contributed by atoms with E-state index in [2.05, 4.69) is 24.5 Å². The van der Waals surface area contributed by atoms with E-state index in [1.54, 1.807) is 0 Å². The molecule has 2 atom stereocenters. The summed E-state index contributed by atoms with van der Waals surface area (Å²) in [4.78, 5) is 12.5. The molecule has 1 amide bonds. The number of carbonyl (C=O) groups excluding carboxylic acids is 1. The van der Waals surface area contributed by atoms with E-state index in [0.29, 0.717) is 6.54 Å². The first kappa shape index (κ1) is 14.2. The van der Waals surface area contributed by atoms with Crippen molar-refractivity contribution in [2.24, 2.45) is 5.41 Å². The van der Waals surface area contributed by atoms with Crippen molar-refractivity contribution in [2.75, 3.05) is 11.9 Å². The molecule has 1 aromatic rings. The summed E-state index contributed by atoms with van der Waals surface area (Å²) in [5, 5.41) is 6.47. The number of rotatable bonds is 2. The van der Waals surface area contributed by atoms with Crippen LogP contribution in [-0.2, 0) is 4.79 Å². The molecule has 4 nitrogen and oxygen atoms in total. The van der Waals surface area contributed by atoms with Crippen molar-refractivity contribution in [3.8, 4) is 5.75 Å². The molecule has 3 rings (SSSR count). The second kappa shape index (κ2) is 5.58. The minimum Gasteiger partial charge on any atom is -0.477 e. The maximum atomic E-state index is 12.5. The minimum absolute atomic E-state index is 0.00280. The zero-order valence-electron chi connectivity index (χ0n) is 12.8. The van der Waals surface area contributed by atoms with E-state index in [1.165, 1.54) is 19.3 Å². The molecule has 1 fully saturated rings. The fourth-order valence-corrected chi connectivity index (χ4v) is 3.29. The molecular formula is C17H24N2O2. The highest BCUT2D eigenvalue weighted by Gasteiger charge is 2.35. The van der Waals surface area contributed by atoms with Crippen LogP contribution in [0, 0.1) is 5.41 Å². The molecule has 2 N–H and O–H groups in total. The third-order valence-corrected chi connectivity index (χ3v) is 4.75. The summed E-state index contributed by atoms with van der Waals surface area (Å²) in [6.45, 7) is 5.01. The molecule has 0 spiro atoms. The van der Waals surface area contributed by atoms with Gasteiger partial charge in [-0.25, -0.2) is 0 Å². The Balaban J connectivity index is 1.64. The molecule has 1 aliphatic heterocycles. The molecule has 0 radical (unpaired) electrons. The van der Waals surface area contributed by atoms with E-state index in [1.807, 2.05) is 24.3 Å². The normalized spacial score (nSPS) is 27.0. The van der Waals surface area contributed by atoms with E-state index >= 15 is 0 Å². The van der Waals surface area contributed by atoms with Gasteiger partial charge in [0.25, 0.3) is 5.91 Å². The lowest BCUT2D eigenvalue weighted by atomic mass is 9.73. The van der Waals surface area contributed by atoms with E-state index in [-0.39, 0.29) is 17.4 Å². The van der Waals surface area contributed by atoms with Gasteiger partial charge in [-0.3, -0.25) is 4.79 Å². The first-order valence-corrected chi connectivity index (χ1v) is 7.86. The van der Waals surface area contributed by atoms with Crippen LogP contribution in [-0.4, -0.2) is 24.6 Å². The number of nitrogens with one attached hydrogen (secondary N) is 2. The molecule has 1 aromatic carbocycles. The van der Waals surface area contributed by atoms with E-state index in [0.717, 1.165) is 17.9 Å². The van der Waals surface area contributed by atoms with Crippen LogP contribution in [0.25, 0.3) is 0 Å². The number of hydrogen-bond acceptors (Lipinski definition) is 3. The molecule has 0 aromatic heterocycles.